The minimum atomic E-state index is -0.325. The van der Waals surface area contributed by atoms with E-state index in [1.54, 1.807) is 0 Å². The van der Waals surface area contributed by atoms with Crippen LogP contribution in [0.3, 0.4) is 0 Å². The monoisotopic (exact) mass is 198 g/mol. The molecule has 3 heteroatoms. The van der Waals surface area contributed by atoms with Gasteiger partial charge in [0.05, 0.1) is 5.60 Å². The number of likely N-dealkylation sites (N-methyl/N-ethyl adjacent to an activating group) is 1. The van der Waals surface area contributed by atoms with Gasteiger partial charge in [0.1, 0.15) is 0 Å². The first-order valence-electron chi connectivity index (χ1n) is 5.83. The van der Waals surface area contributed by atoms with Crippen LogP contribution in [0.5, 0.6) is 0 Å². The lowest BCUT2D eigenvalue weighted by atomic mass is 10.1. The zero-order chi connectivity index (χ0) is 10.0. The summed E-state index contributed by atoms with van der Waals surface area (Å²) in [7, 11) is 2.16. The lowest BCUT2D eigenvalue weighted by Gasteiger charge is -2.28. The zero-order valence-electron chi connectivity index (χ0n) is 9.13. The Morgan fingerprint density at radius 3 is 2.86 bits per heavy atom. The van der Waals surface area contributed by atoms with Gasteiger partial charge in [0.15, 0.2) is 0 Å². The van der Waals surface area contributed by atoms with Gasteiger partial charge in [-0.05, 0) is 52.2 Å². The van der Waals surface area contributed by atoms with Gasteiger partial charge in [0, 0.05) is 12.6 Å². The number of hydrogen-bond donors (Lipinski definition) is 2. The van der Waals surface area contributed by atoms with Crippen molar-refractivity contribution < 1.29 is 5.11 Å². The normalized spacial score (nSPS) is 31.5. The molecule has 1 unspecified atom stereocenters. The summed E-state index contributed by atoms with van der Waals surface area (Å²) >= 11 is 0. The van der Waals surface area contributed by atoms with Crippen molar-refractivity contribution >= 4 is 0 Å². The average molecular weight is 198 g/mol. The van der Waals surface area contributed by atoms with Gasteiger partial charge in [-0.3, -0.25) is 0 Å². The van der Waals surface area contributed by atoms with Crippen LogP contribution in [-0.4, -0.2) is 48.3 Å². The maximum atomic E-state index is 9.84. The van der Waals surface area contributed by atoms with Crippen LogP contribution in [0.25, 0.3) is 0 Å². The molecule has 1 aliphatic heterocycles. The van der Waals surface area contributed by atoms with Gasteiger partial charge in [-0.25, -0.2) is 0 Å². The predicted molar refractivity (Wildman–Crippen MR) is 57.3 cm³/mol. The second-order valence-electron chi connectivity index (χ2n) is 4.97. The molecule has 0 aromatic carbocycles. The molecule has 2 rings (SSSR count). The highest BCUT2D eigenvalue weighted by molar-refractivity contribution is 4.96. The molecule has 3 nitrogen and oxygen atoms in total. The maximum absolute atomic E-state index is 9.84. The highest BCUT2D eigenvalue weighted by Crippen LogP contribution is 2.36. The summed E-state index contributed by atoms with van der Waals surface area (Å²) in [6, 6.07) is 0.676. The van der Waals surface area contributed by atoms with E-state index in [9.17, 15) is 5.11 Å². The van der Waals surface area contributed by atoms with Crippen molar-refractivity contribution in [2.24, 2.45) is 0 Å². The number of rotatable bonds is 3. The fourth-order valence-electron chi connectivity index (χ4n) is 2.34. The first kappa shape index (κ1) is 10.4. The molecule has 1 aliphatic carbocycles. The molecule has 2 N–H and O–H groups in total. The number of nitrogens with one attached hydrogen (secondary N) is 1. The topological polar surface area (TPSA) is 35.5 Å². The fraction of sp³-hybridized carbons (Fsp3) is 1.00. The minimum absolute atomic E-state index is 0.325. The third-order valence-electron chi connectivity index (χ3n) is 3.54. The van der Waals surface area contributed by atoms with E-state index >= 15 is 0 Å². The van der Waals surface area contributed by atoms with Crippen molar-refractivity contribution in [2.75, 3.05) is 26.7 Å². The van der Waals surface area contributed by atoms with Gasteiger partial charge < -0.3 is 15.3 Å². The van der Waals surface area contributed by atoms with Gasteiger partial charge >= 0.3 is 0 Å². The van der Waals surface area contributed by atoms with E-state index < -0.39 is 0 Å². The van der Waals surface area contributed by atoms with Gasteiger partial charge in [-0.1, -0.05) is 0 Å². The summed E-state index contributed by atoms with van der Waals surface area (Å²) < 4.78 is 0. The van der Waals surface area contributed by atoms with Crippen LogP contribution in [0.4, 0.5) is 0 Å². The highest BCUT2D eigenvalue weighted by Gasteiger charge is 2.41. The number of hydrogen-bond acceptors (Lipinski definition) is 3. The van der Waals surface area contributed by atoms with Crippen LogP contribution < -0.4 is 5.32 Å². The van der Waals surface area contributed by atoms with E-state index in [0.29, 0.717) is 6.04 Å². The van der Waals surface area contributed by atoms with Crippen LogP contribution in [0.15, 0.2) is 0 Å². The highest BCUT2D eigenvalue weighted by atomic mass is 16.3. The van der Waals surface area contributed by atoms with Crippen molar-refractivity contribution in [1.29, 1.82) is 0 Å². The van der Waals surface area contributed by atoms with Crippen molar-refractivity contribution in [3.8, 4) is 0 Å². The molecule has 1 heterocycles. The maximum Gasteiger partial charge on any atom is 0.0776 e. The molecule has 0 aromatic rings. The van der Waals surface area contributed by atoms with E-state index in [1.807, 2.05) is 0 Å². The lowest BCUT2D eigenvalue weighted by Crippen LogP contribution is -2.39. The second kappa shape index (κ2) is 4.17. The summed E-state index contributed by atoms with van der Waals surface area (Å²) in [5, 5.41) is 13.3. The van der Waals surface area contributed by atoms with Crippen LogP contribution in [0.2, 0.25) is 0 Å². The Hall–Kier alpha value is -0.120. The molecule has 2 aliphatic rings. The largest absolute Gasteiger partial charge is 0.389 e. The van der Waals surface area contributed by atoms with E-state index in [0.717, 1.165) is 32.5 Å². The summed E-state index contributed by atoms with van der Waals surface area (Å²) in [6.07, 6.45) is 5.78. The summed E-state index contributed by atoms with van der Waals surface area (Å²) in [4.78, 5) is 2.36. The fourth-order valence-corrected chi connectivity index (χ4v) is 2.34. The Labute approximate surface area is 86.5 Å². The lowest BCUT2D eigenvalue weighted by molar-refractivity contribution is 0.0809. The number of nitrogens with zero attached hydrogens (tertiary/aromatic N) is 1. The molecule has 0 bridgehead atoms. The predicted octanol–water partition coefficient (Wildman–Crippen LogP) is 0.585. The quantitative estimate of drug-likeness (QED) is 0.696. The summed E-state index contributed by atoms with van der Waals surface area (Å²) in [6.45, 7) is 3.17. The SMILES string of the molecule is CN(CC1(O)CC1)C1CCCNCC1. The standard InChI is InChI=1S/C11H22N2O/c1-13(9-11(14)5-6-11)10-3-2-7-12-8-4-10/h10,12,14H,2-9H2,1H3. The molecule has 2 fully saturated rings. The summed E-state index contributed by atoms with van der Waals surface area (Å²) in [5.41, 5.74) is -0.325. The van der Waals surface area contributed by atoms with Crippen LogP contribution in [-0.2, 0) is 0 Å². The summed E-state index contributed by atoms with van der Waals surface area (Å²) in [5.74, 6) is 0. The average Bonchev–Trinajstić information content (AvgIpc) is 2.89. The Bertz CT molecular complexity index is 184. The molecular formula is C11H22N2O. The van der Waals surface area contributed by atoms with Crippen molar-refractivity contribution in [3.05, 3.63) is 0 Å². The Morgan fingerprint density at radius 2 is 2.14 bits per heavy atom. The first-order valence-corrected chi connectivity index (χ1v) is 5.83. The molecule has 14 heavy (non-hydrogen) atoms. The van der Waals surface area contributed by atoms with E-state index in [4.69, 9.17) is 0 Å². The third-order valence-corrected chi connectivity index (χ3v) is 3.54. The van der Waals surface area contributed by atoms with Gasteiger partial charge in [0.2, 0.25) is 0 Å². The number of aliphatic hydroxyl groups is 1. The Morgan fingerprint density at radius 1 is 1.36 bits per heavy atom. The van der Waals surface area contributed by atoms with Crippen molar-refractivity contribution in [1.82, 2.24) is 10.2 Å². The Kier molecular flexibility index (Phi) is 3.10. The van der Waals surface area contributed by atoms with Crippen LogP contribution >= 0.6 is 0 Å². The third kappa shape index (κ3) is 2.69. The van der Waals surface area contributed by atoms with Gasteiger partial charge in [-0.2, -0.15) is 0 Å². The van der Waals surface area contributed by atoms with E-state index in [-0.39, 0.29) is 5.60 Å². The van der Waals surface area contributed by atoms with E-state index in [2.05, 4.69) is 17.3 Å². The minimum Gasteiger partial charge on any atom is -0.389 e. The van der Waals surface area contributed by atoms with Crippen LogP contribution in [0, 0.1) is 0 Å². The Balaban J connectivity index is 1.79. The van der Waals surface area contributed by atoms with Gasteiger partial charge in [-0.15, -0.1) is 0 Å². The first-order chi connectivity index (χ1) is 6.70. The molecule has 1 saturated carbocycles. The molecule has 0 amide bonds. The molecule has 0 aromatic heterocycles. The zero-order valence-corrected chi connectivity index (χ0v) is 9.13. The van der Waals surface area contributed by atoms with E-state index in [1.165, 1.54) is 19.3 Å². The molecule has 0 spiro atoms. The molecule has 1 atom stereocenters. The van der Waals surface area contributed by atoms with Crippen LogP contribution in [0.1, 0.15) is 32.1 Å². The van der Waals surface area contributed by atoms with Crippen molar-refractivity contribution in [2.45, 2.75) is 43.7 Å². The van der Waals surface area contributed by atoms with Crippen molar-refractivity contribution in [3.63, 3.8) is 0 Å². The van der Waals surface area contributed by atoms with Gasteiger partial charge in [0.25, 0.3) is 0 Å². The molecule has 82 valence electrons. The molecule has 1 saturated heterocycles. The molecular weight excluding hydrogens is 176 g/mol. The second-order valence-corrected chi connectivity index (χ2v) is 4.97. The molecule has 0 radical (unpaired) electrons. The smallest absolute Gasteiger partial charge is 0.0776 e.